The minimum absolute atomic E-state index is 0.0806. The van der Waals surface area contributed by atoms with E-state index in [4.69, 9.17) is 4.52 Å². The van der Waals surface area contributed by atoms with Crippen molar-refractivity contribution < 1.29 is 9.32 Å². The lowest BCUT2D eigenvalue weighted by molar-refractivity contribution is -0.120. The molecule has 2 N–H and O–H groups in total. The molecule has 1 amide bonds. The van der Waals surface area contributed by atoms with Gasteiger partial charge in [-0.1, -0.05) is 16.9 Å². The molecule has 0 spiro atoms. The van der Waals surface area contributed by atoms with Crippen molar-refractivity contribution in [1.29, 1.82) is 0 Å². The van der Waals surface area contributed by atoms with E-state index in [-0.39, 0.29) is 16.7 Å². The van der Waals surface area contributed by atoms with E-state index in [1.807, 2.05) is 13.8 Å². The van der Waals surface area contributed by atoms with Crippen molar-refractivity contribution in [2.24, 2.45) is 0 Å². The predicted molar refractivity (Wildman–Crippen MR) is 92.2 cm³/mol. The normalized spacial score (nSPS) is 12.2. The fraction of sp³-hybridized carbons (Fsp3) is 0.500. The van der Waals surface area contributed by atoms with E-state index >= 15 is 0 Å². The number of carbonyl (C=O) groups excluding carboxylic acids is 1. The number of carbonyl (C=O) groups is 1. The second-order valence-corrected chi connectivity index (χ2v) is 6.98. The SMILES string of the molecule is Cc1cc(=O)[nH]c(SC(C)C(=O)NCCCc2c(C)noc2C)n1. The van der Waals surface area contributed by atoms with E-state index in [0.717, 1.165) is 29.9 Å². The molecular formula is C16H22N4O3S. The van der Waals surface area contributed by atoms with Crippen LogP contribution in [0.5, 0.6) is 0 Å². The number of H-pyrrole nitrogens is 1. The molecule has 0 saturated heterocycles. The Morgan fingerprint density at radius 2 is 2.17 bits per heavy atom. The second-order valence-electron chi connectivity index (χ2n) is 5.65. The third kappa shape index (κ3) is 4.95. The minimum atomic E-state index is -0.339. The van der Waals surface area contributed by atoms with Gasteiger partial charge in [0.1, 0.15) is 5.76 Å². The molecule has 0 bridgehead atoms. The zero-order valence-electron chi connectivity index (χ0n) is 14.3. The van der Waals surface area contributed by atoms with Crippen LogP contribution >= 0.6 is 11.8 Å². The van der Waals surface area contributed by atoms with E-state index in [2.05, 4.69) is 20.4 Å². The van der Waals surface area contributed by atoms with Crippen LogP contribution in [0.15, 0.2) is 20.5 Å². The molecule has 0 fully saturated rings. The van der Waals surface area contributed by atoms with Crippen molar-refractivity contribution in [3.63, 3.8) is 0 Å². The quantitative estimate of drug-likeness (QED) is 0.449. The summed E-state index contributed by atoms with van der Waals surface area (Å²) in [6.07, 6.45) is 1.63. The van der Waals surface area contributed by atoms with Crippen molar-refractivity contribution in [1.82, 2.24) is 20.4 Å². The number of nitrogens with zero attached hydrogens (tertiary/aromatic N) is 2. The van der Waals surface area contributed by atoms with Crippen molar-refractivity contribution in [2.45, 2.75) is 50.9 Å². The summed E-state index contributed by atoms with van der Waals surface area (Å²) < 4.78 is 5.12. The number of hydrogen-bond donors (Lipinski definition) is 2. The topological polar surface area (TPSA) is 101 Å². The Labute approximate surface area is 144 Å². The lowest BCUT2D eigenvalue weighted by Crippen LogP contribution is -2.32. The number of hydrogen-bond acceptors (Lipinski definition) is 6. The van der Waals surface area contributed by atoms with Crippen molar-refractivity contribution in [3.05, 3.63) is 39.1 Å². The van der Waals surface area contributed by atoms with Crippen LogP contribution in [0, 0.1) is 20.8 Å². The van der Waals surface area contributed by atoms with Gasteiger partial charge in [-0.05, 0) is 40.5 Å². The highest BCUT2D eigenvalue weighted by atomic mass is 32.2. The monoisotopic (exact) mass is 350 g/mol. The third-order valence-corrected chi connectivity index (χ3v) is 4.57. The summed E-state index contributed by atoms with van der Waals surface area (Å²) in [5.74, 6) is 0.750. The number of nitrogens with one attached hydrogen (secondary N) is 2. The summed E-state index contributed by atoms with van der Waals surface area (Å²) in [7, 11) is 0. The van der Waals surface area contributed by atoms with Crippen LogP contribution in [0.2, 0.25) is 0 Å². The smallest absolute Gasteiger partial charge is 0.251 e. The first-order chi connectivity index (χ1) is 11.4. The highest BCUT2D eigenvalue weighted by molar-refractivity contribution is 8.00. The van der Waals surface area contributed by atoms with Gasteiger partial charge in [0.25, 0.3) is 5.56 Å². The first-order valence-electron chi connectivity index (χ1n) is 7.81. The van der Waals surface area contributed by atoms with Crippen LogP contribution < -0.4 is 10.9 Å². The molecule has 2 aromatic heterocycles. The molecule has 0 aliphatic rings. The van der Waals surface area contributed by atoms with Gasteiger partial charge in [0.05, 0.1) is 10.9 Å². The number of aromatic nitrogens is 3. The standard InChI is InChI=1S/C16H22N4O3S/c1-9-8-14(21)19-16(18-9)24-12(4)15(22)17-7-5-6-13-10(2)20-23-11(13)3/h8,12H,5-7H2,1-4H3,(H,17,22)(H,18,19,21). The summed E-state index contributed by atoms with van der Waals surface area (Å²) >= 11 is 1.24. The van der Waals surface area contributed by atoms with Gasteiger partial charge < -0.3 is 14.8 Å². The number of rotatable bonds is 7. The van der Waals surface area contributed by atoms with Crippen LogP contribution in [0.3, 0.4) is 0 Å². The molecule has 0 saturated carbocycles. The first kappa shape index (κ1) is 18.3. The van der Waals surface area contributed by atoms with Crippen LogP contribution in [0.25, 0.3) is 0 Å². The summed E-state index contributed by atoms with van der Waals surface area (Å²) in [5.41, 5.74) is 2.43. The fourth-order valence-corrected chi connectivity index (χ4v) is 3.19. The molecule has 2 heterocycles. The van der Waals surface area contributed by atoms with Crippen molar-refractivity contribution >= 4 is 17.7 Å². The van der Waals surface area contributed by atoms with E-state index in [9.17, 15) is 9.59 Å². The van der Waals surface area contributed by atoms with Gasteiger partial charge in [0.15, 0.2) is 5.16 Å². The molecule has 8 heteroatoms. The highest BCUT2D eigenvalue weighted by Crippen LogP contribution is 2.18. The number of amides is 1. The average molecular weight is 350 g/mol. The summed E-state index contributed by atoms with van der Waals surface area (Å²) in [4.78, 5) is 30.4. The second kappa shape index (κ2) is 8.14. The van der Waals surface area contributed by atoms with Crippen molar-refractivity contribution in [2.75, 3.05) is 6.54 Å². The zero-order valence-corrected chi connectivity index (χ0v) is 15.1. The van der Waals surface area contributed by atoms with Gasteiger partial charge in [0, 0.05) is 23.9 Å². The molecule has 1 atom stereocenters. The molecule has 0 aromatic carbocycles. The summed E-state index contributed by atoms with van der Waals surface area (Å²) in [6, 6.07) is 1.42. The lowest BCUT2D eigenvalue weighted by atomic mass is 10.1. The first-order valence-corrected chi connectivity index (χ1v) is 8.69. The largest absolute Gasteiger partial charge is 0.361 e. The van der Waals surface area contributed by atoms with Crippen LogP contribution in [0.1, 0.15) is 36.1 Å². The Morgan fingerprint density at radius 3 is 2.79 bits per heavy atom. The highest BCUT2D eigenvalue weighted by Gasteiger charge is 2.16. The van der Waals surface area contributed by atoms with Crippen LogP contribution in [-0.4, -0.2) is 32.8 Å². The molecule has 24 heavy (non-hydrogen) atoms. The van der Waals surface area contributed by atoms with Gasteiger partial charge in [-0.25, -0.2) is 4.98 Å². The molecule has 1 unspecified atom stereocenters. The molecule has 0 aliphatic heterocycles. The molecule has 0 aliphatic carbocycles. The Kier molecular flexibility index (Phi) is 6.19. The summed E-state index contributed by atoms with van der Waals surface area (Å²) in [6.45, 7) is 7.92. The Balaban J connectivity index is 1.78. The Morgan fingerprint density at radius 1 is 1.42 bits per heavy atom. The van der Waals surface area contributed by atoms with Crippen molar-refractivity contribution in [3.8, 4) is 0 Å². The molecule has 0 radical (unpaired) electrons. The Bertz CT molecular complexity index is 749. The van der Waals surface area contributed by atoms with E-state index in [0.29, 0.717) is 17.4 Å². The lowest BCUT2D eigenvalue weighted by Gasteiger charge is -2.11. The van der Waals surface area contributed by atoms with E-state index < -0.39 is 0 Å². The maximum absolute atomic E-state index is 12.1. The third-order valence-electron chi connectivity index (χ3n) is 3.59. The van der Waals surface area contributed by atoms with Gasteiger partial charge in [0.2, 0.25) is 5.91 Å². The number of aromatic amines is 1. The van der Waals surface area contributed by atoms with Gasteiger partial charge in [-0.2, -0.15) is 0 Å². The van der Waals surface area contributed by atoms with Crippen LogP contribution in [0.4, 0.5) is 0 Å². The summed E-state index contributed by atoms with van der Waals surface area (Å²) in [5, 5.41) is 6.94. The van der Waals surface area contributed by atoms with Gasteiger partial charge >= 0.3 is 0 Å². The predicted octanol–water partition coefficient (Wildman–Crippen LogP) is 1.91. The Hall–Kier alpha value is -2.09. The number of thioether (sulfide) groups is 1. The molecule has 130 valence electrons. The maximum atomic E-state index is 12.1. The number of aryl methyl sites for hydroxylation is 3. The average Bonchev–Trinajstić information content (AvgIpc) is 2.81. The van der Waals surface area contributed by atoms with Gasteiger partial charge in [-0.15, -0.1) is 0 Å². The maximum Gasteiger partial charge on any atom is 0.251 e. The van der Waals surface area contributed by atoms with Crippen LogP contribution in [-0.2, 0) is 11.2 Å². The molecule has 7 nitrogen and oxygen atoms in total. The van der Waals surface area contributed by atoms with Gasteiger partial charge in [-0.3, -0.25) is 9.59 Å². The minimum Gasteiger partial charge on any atom is -0.361 e. The molecule has 2 aromatic rings. The van der Waals surface area contributed by atoms with E-state index in [1.165, 1.54) is 17.8 Å². The fourth-order valence-electron chi connectivity index (χ4n) is 2.31. The van der Waals surface area contributed by atoms with E-state index in [1.54, 1.807) is 13.8 Å². The molecule has 2 rings (SSSR count). The zero-order chi connectivity index (χ0) is 17.7. The molecular weight excluding hydrogens is 328 g/mol.